The molecular weight excluding hydrogens is 282 g/mol. The summed E-state index contributed by atoms with van der Waals surface area (Å²) in [5, 5.41) is 13.3. The Labute approximate surface area is 136 Å². The number of pyridine rings is 1. The molecule has 1 N–H and O–H groups in total. The van der Waals surface area contributed by atoms with Gasteiger partial charge < -0.3 is 5.32 Å². The average molecular weight is 299 g/mol. The lowest BCUT2D eigenvalue weighted by Gasteiger charge is -2.29. The zero-order valence-corrected chi connectivity index (χ0v) is 12.7. The number of hydrogen-bond acceptors (Lipinski definition) is 3. The Morgan fingerprint density at radius 1 is 0.870 bits per heavy atom. The Morgan fingerprint density at radius 3 is 2.13 bits per heavy atom. The zero-order valence-electron chi connectivity index (χ0n) is 12.7. The topological polar surface area (TPSA) is 48.7 Å². The Kier molecular flexibility index (Phi) is 4.35. The molecule has 0 spiro atoms. The molecule has 3 heteroatoms. The minimum atomic E-state index is -0.864. The van der Waals surface area contributed by atoms with Crippen LogP contribution in [0.15, 0.2) is 85.1 Å². The summed E-state index contributed by atoms with van der Waals surface area (Å²) in [5.74, 6) is 0.689. The van der Waals surface area contributed by atoms with Gasteiger partial charge in [-0.25, -0.2) is 4.98 Å². The van der Waals surface area contributed by atoms with Crippen molar-refractivity contribution in [3.8, 4) is 6.07 Å². The van der Waals surface area contributed by atoms with Gasteiger partial charge in [0.25, 0.3) is 0 Å². The Balaban J connectivity index is 2.03. The first-order chi connectivity index (χ1) is 11.3. The van der Waals surface area contributed by atoms with Crippen LogP contribution >= 0.6 is 0 Å². The second-order valence-corrected chi connectivity index (χ2v) is 5.39. The summed E-state index contributed by atoms with van der Waals surface area (Å²) in [4.78, 5) is 4.32. The molecule has 0 aliphatic rings. The highest BCUT2D eigenvalue weighted by atomic mass is 15.1. The molecule has 0 radical (unpaired) electrons. The minimum absolute atomic E-state index is 0.560. The van der Waals surface area contributed by atoms with Crippen molar-refractivity contribution in [2.24, 2.45) is 0 Å². The summed E-state index contributed by atoms with van der Waals surface area (Å²) >= 11 is 0. The van der Waals surface area contributed by atoms with E-state index < -0.39 is 5.54 Å². The number of rotatable bonds is 5. The largest absolute Gasteiger partial charge is 0.348 e. The molecule has 3 aromatic rings. The number of nitrogens with zero attached hydrogens (tertiary/aromatic N) is 2. The summed E-state index contributed by atoms with van der Waals surface area (Å²) in [6.45, 7) is 0. The SMILES string of the molecule is N#CC(Cc1ccccc1)(Nc1ccccn1)c1ccccc1. The monoisotopic (exact) mass is 299 g/mol. The van der Waals surface area contributed by atoms with Crippen LogP contribution in [0.4, 0.5) is 5.82 Å². The molecule has 1 heterocycles. The molecule has 0 saturated heterocycles. The van der Waals surface area contributed by atoms with E-state index in [0.717, 1.165) is 11.1 Å². The van der Waals surface area contributed by atoms with Crippen molar-refractivity contribution < 1.29 is 0 Å². The molecule has 3 nitrogen and oxygen atoms in total. The third-order valence-corrected chi connectivity index (χ3v) is 3.78. The molecule has 0 amide bonds. The van der Waals surface area contributed by atoms with Gasteiger partial charge >= 0.3 is 0 Å². The molecule has 0 saturated carbocycles. The maximum absolute atomic E-state index is 10.0. The van der Waals surface area contributed by atoms with E-state index >= 15 is 0 Å². The fraction of sp³-hybridized carbons (Fsp3) is 0.100. The van der Waals surface area contributed by atoms with Crippen LogP contribution in [0, 0.1) is 11.3 Å². The number of nitriles is 1. The van der Waals surface area contributed by atoms with E-state index in [4.69, 9.17) is 0 Å². The molecule has 1 unspecified atom stereocenters. The van der Waals surface area contributed by atoms with Crippen molar-refractivity contribution in [2.75, 3.05) is 5.32 Å². The maximum Gasteiger partial charge on any atom is 0.156 e. The van der Waals surface area contributed by atoms with Crippen molar-refractivity contribution in [2.45, 2.75) is 12.0 Å². The number of anilines is 1. The molecule has 0 aliphatic heterocycles. The smallest absolute Gasteiger partial charge is 0.156 e. The third-order valence-electron chi connectivity index (χ3n) is 3.78. The van der Waals surface area contributed by atoms with Crippen LogP contribution in [0.25, 0.3) is 0 Å². The first-order valence-electron chi connectivity index (χ1n) is 7.52. The van der Waals surface area contributed by atoms with E-state index in [1.165, 1.54) is 0 Å². The number of nitrogens with one attached hydrogen (secondary N) is 1. The lowest BCUT2D eigenvalue weighted by molar-refractivity contribution is 0.621. The van der Waals surface area contributed by atoms with Gasteiger partial charge in [0, 0.05) is 12.6 Å². The Hall–Kier alpha value is -3.12. The van der Waals surface area contributed by atoms with Crippen LogP contribution in [0.1, 0.15) is 11.1 Å². The predicted octanol–water partition coefficient (Wildman–Crippen LogP) is 4.16. The summed E-state index contributed by atoms with van der Waals surface area (Å²) in [6.07, 6.45) is 2.28. The molecule has 3 rings (SSSR count). The quantitative estimate of drug-likeness (QED) is 0.769. The van der Waals surface area contributed by atoms with Crippen LogP contribution in [0.2, 0.25) is 0 Å². The second kappa shape index (κ2) is 6.76. The molecule has 1 aromatic heterocycles. The Morgan fingerprint density at radius 2 is 1.52 bits per heavy atom. The van der Waals surface area contributed by atoms with Crippen molar-refractivity contribution >= 4 is 5.82 Å². The molecule has 2 aromatic carbocycles. The van der Waals surface area contributed by atoms with E-state index in [1.807, 2.05) is 78.9 Å². The van der Waals surface area contributed by atoms with E-state index in [1.54, 1.807) is 6.20 Å². The lowest BCUT2D eigenvalue weighted by Crippen LogP contribution is -2.36. The van der Waals surface area contributed by atoms with Gasteiger partial charge in [-0.05, 0) is 23.3 Å². The predicted molar refractivity (Wildman–Crippen MR) is 91.7 cm³/mol. The molecule has 0 aliphatic carbocycles. The molecule has 0 fully saturated rings. The van der Waals surface area contributed by atoms with Gasteiger partial charge in [0.05, 0.1) is 6.07 Å². The second-order valence-electron chi connectivity index (χ2n) is 5.39. The molecule has 0 bridgehead atoms. The number of hydrogen-bond donors (Lipinski definition) is 1. The standard InChI is InChI=1S/C20H17N3/c21-16-20(18-11-5-2-6-12-18,15-17-9-3-1-4-10-17)23-19-13-7-8-14-22-19/h1-14H,15H2,(H,22,23). The van der Waals surface area contributed by atoms with Crippen LogP contribution in [0.5, 0.6) is 0 Å². The summed E-state index contributed by atoms with van der Waals surface area (Å²) < 4.78 is 0. The average Bonchev–Trinajstić information content (AvgIpc) is 2.63. The van der Waals surface area contributed by atoms with Gasteiger partial charge in [-0.3, -0.25) is 0 Å². The van der Waals surface area contributed by atoms with Gasteiger partial charge in [-0.2, -0.15) is 5.26 Å². The van der Waals surface area contributed by atoms with Gasteiger partial charge in [-0.1, -0.05) is 66.7 Å². The number of benzene rings is 2. The highest BCUT2D eigenvalue weighted by Gasteiger charge is 2.33. The minimum Gasteiger partial charge on any atom is -0.348 e. The van der Waals surface area contributed by atoms with E-state index in [9.17, 15) is 5.26 Å². The van der Waals surface area contributed by atoms with Crippen molar-refractivity contribution in [3.63, 3.8) is 0 Å². The molecular formula is C20H17N3. The van der Waals surface area contributed by atoms with Crippen molar-refractivity contribution in [1.29, 1.82) is 5.26 Å². The van der Waals surface area contributed by atoms with Crippen LogP contribution in [0.3, 0.4) is 0 Å². The van der Waals surface area contributed by atoms with Gasteiger partial charge in [-0.15, -0.1) is 0 Å². The maximum atomic E-state index is 10.0. The van der Waals surface area contributed by atoms with E-state index in [0.29, 0.717) is 12.2 Å². The number of aromatic nitrogens is 1. The zero-order chi connectivity index (χ0) is 16.0. The first-order valence-corrected chi connectivity index (χ1v) is 7.52. The molecule has 23 heavy (non-hydrogen) atoms. The lowest BCUT2D eigenvalue weighted by atomic mass is 9.85. The highest BCUT2D eigenvalue weighted by Crippen LogP contribution is 2.29. The first kappa shape index (κ1) is 14.8. The highest BCUT2D eigenvalue weighted by molar-refractivity contribution is 5.47. The van der Waals surface area contributed by atoms with Crippen LogP contribution in [-0.4, -0.2) is 4.98 Å². The van der Waals surface area contributed by atoms with Gasteiger partial charge in [0.15, 0.2) is 5.54 Å². The summed E-state index contributed by atoms with van der Waals surface area (Å²) in [6, 6.07) is 28.0. The third kappa shape index (κ3) is 3.38. The molecule has 1 atom stereocenters. The fourth-order valence-electron chi connectivity index (χ4n) is 2.63. The van der Waals surface area contributed by atoms with Crippen LogP contribution < -0.4 is 5.32 Å². The van der Waals surface area contributed by atoms with Crippen molar-refractivity contribution in [3.05, 3.63) is 96.2 Å². The van der Waals surface area contributed by atoms with Crippen LogP contribution in [-0.2, 0) is 12.0 Å². The summed E-state index contributed by atoms with van der Waals surface area (Å²) in [7, 11) is 0. The van der Waals surface area contributed by atoms with Gasteiger partial charge in [0.1, 0.15) is 5.82 Å². The molecule has 112 valence electrons. The normalized spacial score (nSPS) is 12.8. The fourth-order valence-corrected chi connectivity index (χ4v) is 2.63. The van der Waals surface area contributed by atoms with E-state index in [-0.39, 0.29) is 0 Å². The summed E-state index contributed by atoms with van der Waals surface area (Å²) in [5.41, 5.74) is 1.16. The van der Waals surface area contributed by atoms with Gasteiger partial charge in [0.2, 0.25) is 0 Å². The van der Waals surface area contributed by atoms with E-state index in [2.05, 4.69) is 16.4 Å². The Bertz CT molecular complexity index is 736. The van der Waals surface area contributed by atoms with Crippen molar-refractivity contribution in [1.82, 2.24) is 4.98 Å².